The van der Waals surface area contributed by atoms with Gasteiger partial charge in [-0.25, -0.2) is 14.4 Å². The number of imidazole rings is 1. The lowest BCUT2D eigenvalue weighted by atomic mass is 10.0. The van der Waals surface area contributed by atoms with Gasteiger partial charge in [0.25, 0.3) is 0 Å². The minimum Gasteiger partial charge on any atom is -0.376 e. The molecule has 0 aliphatic carbocycles. The summed E-state index contributed by atoms with van der Waals surface area (Å²) >= 11 is 0. The van der Waals surface area contributed by atoms with Crippen molar-refractivity contribution >= 4 is 27.8 Å². The van der Waals surface area contributed by atoms with Gasteiger partial charge in [-0.3, -0.25) is 15.1 Å². The van der Waals surface area contributed by atoms with E-state index in [4.69, 9.17) is 0 Å². The van der Waals surface area contributed by atoms with Gasteiger partial charge in [0, 0.05) is 61.0 Å². The quantitative estimate of drug-likeness (QED) is 0.399. The number of benzene rings is 1. The smallest absolute Gasteiger partial charge is 0.178 e. The molecule has 0 atom stereocenters. The van der Waals surface area contributed by atoms with E-state index in [2.05, 4.69) is 35.1 Å². The van der Waals surface area contributed by atoms with Crippen molar-refractivity contribution in [3.05, 3.63) is 73.2 Å². The lowest BCUT2D eigenvalue weighted by Gasteiger charge is -2.13. The molecule has 0 fully saturated rings. The number of rotatable bonds is 4. The first-order valence-electron chi connectivity index (χ1n) is 10.6. The molecule has 0 spiro atoms. The number of fused-ring (bicyclic) bond motifs is 2. The third kappa shape index (κ3) is 3.25. The van der Waals surface area contributed by atoms with Crippen molar-refractivity contribution in [2.45, 2.75) is 0 Å². The Bertz CT molecular complexity index is 1650. The number of hydrogen-bond acceptors (Lipinski definition) is 6. The normalized spacial score (nSPS) is 11.4. The van der Waals surface area contributed by atoms with Crippen LogP contribution in [0.2, 0.25) is 0 Å². The van der Waals surface area contributed by atoms with E-state index in [1.54, 1.807) is 31.0 Å². The Kier molecular flexibility index (Phi) is 4.54. The minimum absolute atomic E-state index is 0.247. The van der Waals surface area contributed by atoms with E-state index in [-0.39, 0.29) is 5.52 Å². The molecule has 34 heavy (non-hydrogen) atoms. The van der Waals surface area contributed by atoms with Crippen molar-refractivity contribution < 1.29 is 4.39 Å². The molecule has 2 N–H and O–H groups in total. The Labute approximate surface area is 193 Å². The predicted octanol–water partition coefficient (Wildman–Crippen LogP) is 4.83. The summed E-state index contributed by atoms with van der Waals surface area (Å²) < 4.78 is 15.0. The van der Waals surface area contributed by atoms with Gasteiger partial charge in [-0.2, -0.15) is 5.10 Å². The highest BCUT2D eigenvalue weighted by atomic mass is 19.1. The molecule has 5 aromatic heterocycles. The number of H-pyrrole nitrogens is 2. The first kappa shape index (κ1) is 20.0. The van der Waals surface area contributed by atoms with Crippen LogP contribution in [0.1, 0.15) is 0 Å². The first-order chi connectivity index (χ1) is 16.6. The second kappa shape index (κ2) is 7.73. The van der Waals surface area contributed by atoms with E-state index >= 15 is 4.39 Å². The number of anilines is 1. The summed E-state index contributed by atoms with van der Waals surface area (Å²) in [6.45, 7) is 0. The van der Waals surface area contributed by atoms with Gasteiger partial charge in [0.15, 0.2) is 17.3 Å². The van der Waals surface area contributed by atoms with E-state index in [0.717, 1.165) is 27.9 Å². The number of halogens is 1. The molecule has 6 aromatic rings. The van der Waals surface area contributed by atoms with Gasteiger partial charge in [0.05, 0.1) is 17.4 Å². The van der Waals surface area contributed by atoms with Crippen molar-refractivity contribution in [2.75, 3.05) is 19.0 Å². The zero-order chi connectivity index (χ0) is 23.2. The summed E-state index contributed by atoms with van der Waals surface area (Å²) in [5.74, 6) is 0.105. The standard InChI is InChI=1S/C25H19FN8/c1-34(2)17-8-16(12-28-13-17)15-9-19-21(20(26)10-15)32-33-23(19)25-30-22-18(5-7-29-24(22)31-25)14-4-3-6-27-11-14/h3-13H,1-2H3,(H,32,33)(H,29,30,31). The third-order valence-corrected chi connectivity index (χ3v) is 5.79. The molecule has 0 radical (unpaired) electrons. The van der Waals surface area contributed by atoms with Crippen molar-refractivity contribution in [3.63, 3.8) is 0 Å². The van der Waals surface area contributed by atoms with Crippen molar-refractivity contribution in [2.24, 2.45) is 0 Å². The predicted molar refractivity (Wildman–Crippen MR) is 130 cm³/mol. The summed E-state index contributed by atoms with van der Waals surface area (Å²) in [4.78, 5) is 22.9. The van der Waals surface area contributed by atoms with Crippen LogP contribution in [0, 0.1) is 5.82 Å². The molecule has 0 aliphatic heterocycles. The van der Waals surface area contributed by atoms with Crippen molar-refractivity contribution in [1.29, 1.82) is 0 Å². The van der Waals surface area contributed by atoms with Crippen LogP contribution >= 0.6 is 0 Å². The lowest BCUT2D eigenvalue weighted by Crippen LogP contribution is -2.08. The molecule has 1 aromatic carbocycles. The van der Waals surface area contributed by atoms with Gasteiger partial charge in [-0.1, -0.05) is 6.07 Å². The molecule has 0 saturated heterocycles. The Morgan fingerprint density at radius 1 is 0.912 bits per heavy atom. The maximum Gasteiger partial charge on any atom is 0.178 e. The highest BCUT2D eigenvalue weighted by Crippen LogP contribution is 2.34. The van der Waals surface area contributed by atoms with E-state index in [1.165, 1.54) is 6.07 Å². The van der Waals surface area contributed by atoms with Crippen LogP contribution in [-0.4, -0.2) is 49.2 Å². The summed E-state index contributed by atoms with van der Waals surface area (Å²) in [6, 6.07) is 11.1. The Balaban J connectivity index is 1.51. The van der Waals surface area contributed by atoms with Crippen LogP contribution in [0.4, 0.5) is 10.1 Å². The Morgan fingerprint density at radius 2 is 1.79 bits per heavy atom. The van der Waals surface area contributed by atoms with E-state index < -0.39 is 5.82 Å². The molecule has 0 unspecified atom stereocenters. The molecule has 9 heteroatoms. The molecule has 0 saturated carbocycles. The highest BCUT2D eigenvalue weighted by Gasteiger charge is 2.18. The highest BCUT2D eigenvalue weighted by molar-refractivity contribution is 5.97. The van der Waals surface area contributed by atoms with E-state index in [9.17, 15) is 0 Å². The summed E-state index contributed by atoms with van der Waals surface area (Å²) in [5, 5.41) is 7.78. The van der Waals surface area contributed by atoms with Crippen molar-refractivity contribution in [3.8, 4) is 33.8 Å². The first-order valence-corrected chi connectivity index (χ1v) is 10.6. The maximum absolute atomic E-state index is 15.0. The SMILES string of the molecule is CN(C)c1cncc(-c2cc(F)c3n[nH]c(-c4nc5nccc(-c6cccnc6)c5[nH]4)c3c2)c1. The molecule has 0 aliphatic rings. The largest absolute Gasteiger partial charge is 0.376 e. The fourth-order valence-corrected chi connectivity index (χ4v) is 4.04. The van der Waals surface area contributed by atoms with Crippen LogP contribution in [0.5, 0.6) is 0 Å². The van der Waals surface area contributed by atoms with Crippen LogP contribution in [0.15, 0.2) is 67.4 Å². The third-order valence-electron chi connectivity index (χ3n) is 5.79. The molecule has 166 valence electrons. The van der Waals surface area contributed by atoms with Gasteiger partial charge in [0.1, 0.15) is 11.2 Å². The second-order valence-electron chi connectivity index (χ2n) is 8.16. The zero-order valence-electron chi connectivity index (χ0n) is 18.4. The number of nitrogens with zero attached hydrogens (tertiary/aromatic N) is 6. The zero-order valence-corrected chi connectivity index (χ0v) is 18.4. The molecule has 6 rings (SSSR count). The average molecular weight is 450 g/mol. The molecule has 8 nitrogen and oxygen atoms in total. The Morgan fingerprint density at radius 3 is 2.62 bits per heavy atom. The van der Waals surface area contributed by atoms with E-state index in [0.29, 0.717) is 28.1 Å². The number of hydrogen-bond donors (Lipinski definition) is 2. The number of nitrogens with one attached hydrogen (secondary N) is 2. The molecular weight excluding hydrogens is 431 g/mol. The topological polar surface area (TPSA) is 99.3 Å². The van der Waals surface area contributed by atoms with Crippen LogP contribution in [0.25, 0.3) is 55.8 Å². The fraction of sp³-hybridized carbons (Fsp3) is 0.0800. The number of aromatic amines is 2. The van der Waals surface area contributed by atoms with Crippen LogP contribution in [0.3, 0.4) is 0 Å². The average Bonchev–Trinajstić information content (AvgIpc) is 3.49. The van der Waals surface area contributed by atoms with Gasteiger partial charge in [-0.15, -0.1) is 0 Å². The fourth-order valence-electron chi connectivity index (χ4n) is 4.04. The minimum atomic E-state index is -0.421. The van der Waals surface area contributed by atoms with Gasteiger partial charge < -0.3 is 9.88 Å². The van der Waals surface area contributed by atoms with Gasteiger partial charge in [0.2, 0.25) is 0 Å². The van der Waals surface area contributed by atoms with Gasteiger partial charge >= 0.3 is 0 Å². The summed E-state index contributed by atoms with van der Waals surface area (Å²) in [6.07, 6.45) is 8.72. The second-order valence-corrected chi connectivity index (χ2v) is 8.16. The number of pyridine rings is 3. The van der Waals surface area contributed by atoms with Gasteiger partial charge in [-0.05, 0) is 35.9 Å². The molecule has 0 bridgehead atoms. The monoisotopic (exact) mass is 450 g/mol. The summed E-state index contributed by atoms with van der Waals surface area (Å²) in [5.41, 5.74) is 6.47. The van der Waals surface area contributed by atoms with E-state index in [1.807, 2.05) is 49.3 Å². The lowest BCUT2D eigenvalue weighted by molar-refractivity contribution is 0.636. The molecule has 5 heterocycles. The Hall–Kier alpha value is -4.66. The summed E-state index contributed by atoms with van der Waals surface area (Å²) in [7, 11) is 3.88. The molecular formula is C25H19FN8. The molecule has 0 amide bonds. The van der Waals surface area contributed by atoms with Crippen LogP contribution < -0.4 is 4.90 Å². The number of aromatic nitrogens is 7. The van der Waals surface area contributed by atoms with Crippen molar-refractivity contribution in [1.82, 2.24) is 35.1 Å². The maximum atomic E-state index is 15.0. The van der Waals surface area contributed by atoms with Crippen LogP contribution in [-0.2, 0) is 0 Å².